The summed E-state index contributed by atoms with van der Waals surface area (Å²) in [6.45, 7) is 3.92. The van der Waals surface area contributed by atoms with Gasteiger partial charge < -0.3 is 4.90 Å². The quantitative estimate of drug-likeness (QED) is 0.547. The van der Waals surface area contributed by atoms with E-state index in [0.29, 0.717) is 18.4 Å². The Morgan fingerprint density at radius 1 is 1.12 bits per heavy atom. The molecule has 1 N–H and O–H groups in total. The number of ketones is 2. The van der Waals surface area contributed by atoms with Gasteiger partial charge in [0.25, 0.3) is 0 Å². The molecule has 0 spiro atoms. The van der Waals surface area contributed by atoms with Crippen molar-refractivity contribution in [1.82, 2.24) is 0 Å². The van der Waals surface area contributed by atoms with Crippen molar-refractivity contribution < 1.29 is 14.5 Å². The van der Waals surface area contributed by atoms with E-state index >= 15 is 0 Å². The van der Waals surface area contributed by atoms with Crippen LogP contribution in [0.3, 0.4) is 0 Å². The number of nitrogens with one attached hydrogen (secondary N) is 1. The van der Waals surface area contributed by atoms with Gasteiger partial charge >= 0.3 is 0 Å². The van der Waals surface area contributed by atoms with Gasteiger partial charge in [-0.15, -0.1) is 0 Å². The molecule has 3 nitrogen and oxygen atoms in total. The molecule has 1 saturated carbocycles. The fraction of sp³-hybridized carbons (Fsp3) is 0.538. The lowest BCUT2D eigenvalue weighted by Gasteiger charge is -2.28. The number of hydrogen-bond donors (Lipinski definition) is 1. The smallest absolute Gasteiger partial charge is 0.166 e. The second kappa shape index (κ2) is 4.74. The molecule has 88 valence electrons. The highest BCUT2D eigenvalue weighted by atomic mass is 16.1. The minimum Gasteiger partial charge on any atom is -0.314 e. The molecule has 0 heterocycles. The Balaban J connectivity index is 2.83. The SMILES string of the molecule is C[NH+](C)C=CC=C1C(=O)CC(C)(C)CC1=O. The first kappa shape index (κ1) is 12.8. The Labute approximate surface area is 96.8 Å². The predicted octanol–water partition coefficient (Wildman–Crippen LogP) is 0.529. The molecular weight excluding hydrogens is 202 g/mol. The highest BCUT2D eigenvalue weighted by Gasteiger charge is 2.35. The van der Waals surface area contributed by atoms with Gasteiger partial charge in [-0.05, 0) is 17.6 Å². The summed E-state index contributed by atoms with van der Waals surface area (Å²) in [5.41, 5.74) is 0.180. The largest absolute Gasteiger partial charge is 0.314 e. The van der Waals surface area contributed by atoms with Crippen molar-refractivity contribution in [3.05, 3.63) is 23.9 Å². The van der Waals surface area contributed by atoms with Crippen molar-refractivity contribution in [3.63, 3.8) is 0 Å². The van der Waals surface area contributed by atoms with E-state index in [1.54, 1.807) is 12.2 Å². The minimum absolute atomic E-state index is 0.0281. The normalized spacial score (nSPS) is 20.9. The summed E-state index contributed by atoms with van der Waals surface area (Å²) in [4.78, 5) is 24.7. The average molecular weight is 222 g/mol. The maximum Gasteiger partial charge on any atom is 0.166 e. The Hall–Kier alpha value is -1.22. The maximum atomic E-state index is 11.8. The average Bonchev–Trinajstić information content (AvgIpc) is 2.07. The molecule has 0 amide bonds. The van der Waals surface area contributed by atoms with Gasteiger partial charge in [-0.25, -0.2) is 0 Å². The summed E-state index contributed by atoms with van der Waals surface area (Å²) in [5.74, 6) is -0.0562. The zero-order valence-corrected chi connectivity index (χ0v) is 10.5. The molecule has 1 aliphatic rings. The van der Waals surface area contributed by atoms with Crippen LogP contribution in [0.5, 0.6) is 0 Å². The number of hydrogen-bond acceptors (Lipinski definition) is 2. The summed E-state index contributed by atoms with van der Waals surface area (Å²) in [6.07, 6.45) is 6.25. The highest BCUT2D eigenvalue weighted by Crippen LogP contribution is 2.33. The van der Waals surface area contributed by atoms with E-state index in [1.165, 1.54) is 0 Å². The number of rotatable bonds is 2. The molecule has 0 aromatic rings. The molecule has 3 heteroatoms. The van der Waals surface area contributed by atoms with E-state index < -0.39 is 0 Å². The number of quaternary nitrogens is 1. The lowest BCUT2D eigenvalue weighted by atomic mass is 9.74. The molecule has 0 unspecified atom stereocenters. The Bertz CT molecular complexity index is 340. The molecule has 0 bridgehead atoms. The molecule has 1 rings (SSSR count). The predicted molar refractivity (Wildman–Crippen MR) is 63.1 cm³/mol. The first-order valence-electron chi connectivity index (χ1n) is 5.57. The summed E-state index contributed by atoms with van der Waals surface area (Å²) >= 11 is 0. The summed E-state index contributed by atoms with van der Waals surface area (Å²) < 4.78 is 0. The maximum absolute atomic E-state index is 11.8. The second-order valence-corrected chi connectivity index (χ2v) is 5.38. The van der Waals surface area contributed by atoms with E-state index in [0.717, 1.165) is 4.90 Å². The van der Waals surface area contributed by atoms with Crippen LogP contribution in [0.25, 0.3) is 0 Å². The van der Waals surface area contributed by atoms with Crippen molar-refractivity contribution in [2.24, 2.45) is 5.41 Å². The van der Waals surface area contributed by atoms with Crippen LogP contribution in [0, 0.1) is 5.41 Å². The zero-order valence-electron chi connectivity index (χ0n) is 10.5. The van der Waals surface area contributed by atoms with E-state index in [4.69, 9.17) is 0 Å². The lowest BCUT2D eigenvalue weighted by molar-refractivity contribution is -0.801. The van der Waals surface area contributed by atoms with Crippen LogP contribution in [-0.4, -0.2) is 25.7 Å². The first-order chi connectivity index (χ1) is 7.32. The zero-order chi connectivity index (χ0) is 12.3. The van der Waals surface area contributed by atoms with Crippen LogP contribution in [0.2, 0.25) is 0 Å². The monoisotopic (exact) mass is 222 g/mol. The van der Waals surface area contributed by atoms with Crippen LogP contribution in [0.15, 0.2) is 23.9 Å². The third-order valence-corrected chi connectivity index (χ3v) is 2.57. The molecule has 0 radical (unpaired) electrons. The van der Waals surface area contributed by atoms with Crippen LogP contribution >= 0.6 is 0 Å². The summed E-state index contributed by atoms with van der Waals surface area (Å²) in [5, 5.41) is 0. The number of carbonyl (C=O) groups is 2. The first-order valence-corrected chi connectivity index (χ1v) is 5.57. The molecule has 0 saturated heterocycles. The van der Waals surface area contributed by atoms with Crippen molar-refractivity contribution in [1.29, 1.82) is 0 Å². The van der Waals surface area contributed by atoms with Gasteiger partial charge in [-0.1, -0.05) is 13.8 Å². The number of allylic oxidation sites excluding steroid dienone is 3. The molecule has 1 aliphatic carbocycles. The van der Waals surface area contributed by atoms with Gasteiger partial charge in [0.15, 0.2) is 11.6 Å². The van der Waals surface area contributed by atoms with Crippen LogP contribution < -0.4 is 4.90 Å². The summed E-state index contributed by atoms with van der Waals surface area (Å²) in [7, 11) is 3.95. The Morgan fingerprint density at radius 3 is 2.06 bits per heavy atom. The van der Waals surface area contributed by atoms with E-state index in [1.807, 2.05) is 34.1 Å². The highest BCUT2D eigenvalue weighted by molar-refractivity contribution is 6.22. The van der Waals surface area contributed by atoms with Gasteiger partial charge in [0.2, 0.25) is 0 Å². The third kappa shape index (κ3) is 3.42. The molecule has 0 aromatic carbocycles. The molecule has 1 fully saturated rings. The molecule has 0 aromatic heterocycles. The molecule has 16 heavy (non-hydrogen) atoms. The van der Waals surface area contributed by atoms with E-state index in [2.05, 4.69) is 0 Å². The topological polar surface area (TPSA) is 38.6 Å². The fourth-order valence-electron chi connectivity index (χ4n) is 1.80. The summed E-state index contributed by atoms with van der Waals surface area (Å²) in [6, 6.07) is 0. The molecule has 0 aliphatic heterocycles. The van der Waals surface area contributed by atoms with Gasteiger partial charge in [-0.2, -0.15) is 0 Å². The second-order valence-electron chi connectivity index (χ2n) is 5.38. The Morgan fingerprint density at radius 2 is 1.62 bits per heavy atom. The number of carbonyl (C=O) groups excluding carboxylic acids is 2. The van der Waals surface area contributed by atoms with Crippen LogP contribution in [0.1, 0.15) is 26.7 Å². The fourth-order valence-corrected chi connectivity index (χ4v) is 1.80. The Kier molecular flexibility index (Phi) is 3.81. The standard InChI is InChI=1S/C13H19NO2/c1-13(2)8-11(15)10(12(16)9-13)6-5-7-14(3)4/h5-7H,8-9H2,1-4H3/p+1. The van der Waals surface area contributed by atoms with Crippen LogP contribution in [0.4, 0.5) is 0 Å². The van der Waals surface area contributed by atoms with Gasteiger partial charge in [-0.3, -0.25) is 9.59 Å². The van der Waals surface area contributed by atoms with Crippen molar-refractivity contribution in [2.75, 3.05) is 14.1 Å². The molecular formula is C13H20NO2+. The van der Waals surface area contributed by atoms with E-state index in [-0.39, 0.29) is 17.0 Å². The van der Waals surface area contributed by atoms with Gasteiger partial charge in [0.05, 0.1) is 25.9 Å². The van der Waals surface area contributed by atoms with Gasteiger partial charge in [0.1, 0.15) is 0 Å². The van der Waals surface area contributed by atoms with Crippen molar-refractivity contribution >= 4 is 11.6 Å². The van der Waals surface area contributed by atoms with Gasteiger partial charge in [0, 0.05) is 12.8 Å². The third-order valence-electron chi connectivity index (χ3n) is 2.57. The minimum atomic E-state index is -0.179. The van der Waals surface area contributed by atoms with E-state index in [9.17, 15) is 9.59 Å². The lowest BCUT2D eigenvalue weighted by Crippen LogP contribution is -3.00. The van der Waals surface area contributed by atoms with Crippen molar-refractivity contribution in [2.45, 2.75) is 26.7 Å². The van der Waals surface area contributed by atoms with Crippen LogP contribution in [-0.2, 0) is 9.59 Å². The number of Topliss-reactive ketones (excluding diaryl/α,β-unsaturated/α-hetero) is 2. The van der Waals surface area contributed by atoms with Crippen molar-refractivity contribution in [3.8, 4) is 0 Å². The molecule has 0 atom stereocenters.